The van der Waals surface area contributed by atoms with Crippen LogP contribution in [0.25, 0.3) is 22.8 Å². The molecule has 4 heterocycles. The van der Waals surface area contributed by atoms with Crippen molar-refractivity contribution in [2.45, 2.75) is 18.9 Å². The van der Waals surface area contributed by atoms with Gasteiger partial charge in [-0.25, -0.2) is 13.2 Å². The van der Waals surface area contributed by atoms with Gasteiger partial charge in [-0.05, 0) is 36.6 Å². The topological polar surface area (TPSA) is 114 Å². The smallest absolute Gasteiger partial charge is 0.407 e. The second-order valence-electron chi connectivity index (χ2n) is 8.98. The molecule has 1 aliphatic carbocycles. The SMILES string of the molecule is CN1C=CC(CS(C)(=O)=O)=c2ccc3c4c([nH]c(=O)c-4c21)=CCN3C1CCN(C(=O)O)CC1. The van der Waals surface area contributed by atoms with Gasteiger partial charge >= 0.3 is 6.09 Å². The van der Waals surface area contributed by atoms with E-state index in [1.54, 1.807) is 12.3 Å². The molecule has 0 aromatic rings. The maximum absolute atomic E-state index is 13.1. The Bertz CT molecular complexity index is 1430. The minimum atomic E-state index is -3.27. The van der Waals surface area contributed by atoms with Crippen molar-refractivity contribution in [3.63, 3.8) is 0 Å². The summed E-state index contributed by atoms with van der Waals surface area (Å²) in [6.45, 7) is 1.56. The van der Waals surface area contributed by atoms with E-state index in [2.05, 4.69) is 9.88 Å². The monoisotopic (exact) mass is 470 g/mol. The maximum atomic E-state index is 13.1. The second-order valence-corrected chi connectivity index (χ2v) is 11.1. The molecule has 0 saturated carbocycles. The van der Waals surface area contributed by atoms with Gasteiger partial charge < -0.3 is 24.8 Å². The van der Waals surface area contributed by atoms with Gasteiger partial charge in [0.2, 0.25) is 0 Å². The van der Waals surface area contributed by atoms with Crippen LogP contribution in [0, 0.1) is 0 Å². The number of rotatable bonds is 3. The van der Waals surface area contributed by atoms with Crippen molar-refractivity contribution < 1.29 is 18.3 Å². The van der Waals surface area contributed by atoms with Crippen molar-refractivity contribution in [2.24, 2.45) is 0 Å². The van der Waals surface area contributed by atoms with Gasteiger partial charge in [0.15, 0.2) is 9.84 Å². The summed E-state index contributed by atoms with van der Waals surface area (Å²) in [6.07, 6.45) is 7.31. The Labute approximate surface area is 191 Å². The van der Waals surface area contributed by atoms with Gasteiger partial charge in [-0.1, -0.05) is 6.07 Å². The van der Waals surface area contributed by atoms with Crippen molar-refractivity contribution in [3.8, 4) is 11.1 Å². The highest BCUT2D eigenvalue weighted by molar-refractivity contribution is 7.91. The number of nitrogens with zero attached hydrogens (tertiary/aromatic N) is 3. The number of aromatic amines is 1. The summed E-state index contributed by atoms with van der Waals surface area (Å²) in [5.74, 6) is -0.111. The molecule has 2 N–H and O–H groups in total. The van der Waals surface area contributed by atoms with Crippen molar-refractivity contribution in [3.05, 3.63) is 45.3 Å². The molecule has 4 aliphatic heterocycles. The van der Waals surface area contributed by atoms with Crippen LogP contribution < -0.4 is 25.9 Å². The number of nitrogens with one attached hydrogen (secondary N) is 1. The molecule has 0 aromatic carbocycles. The number of allylic oxidation sites excluding steroid dienone is 1. The van der Waals surface area contributed by atoms with E-state index in [4.69, 9.17) is 0 Å². The molecule has 0 atom stereocenters. The summed E-state index contributed by atoms with van der Waals surface area (Å²) in [5.41, 5.74) is 3.43. The largest absolute Gasteiger partial charge is 0.465 e. The first-order chi connectivity index (χ1) is 15.6. The Balaban J connectivity index is 1.69. The minimum absolute atomic E-state index is 0.111. The highest BCUT2D eigenvalue weighted by Crippen LogP contribution is 2.36. The molecular weight excluding hydrogens is 444 g/mol. The standard InChI is InChI=1S/C23H26N4O5S/c1-25-9-5-14(13-33(2,31)32)16-3-4-18-19-17(24-22(28)20(19)21(16)25)8-12-27(18)15-6-10-26(11-7-15)23(29)30/h3-5,8-9,15H,6-7,10-13H2,1-2H3,(H,24,28)(H,29,30). The van der Waals surface area contributed by atoms with Crippen molar-refractivity contribution in [1.29, 1.82) is 0 Å². The zero-order valence-electron chi connectivity index (χ0n) is 18.5. The number of sulfone groups is 1. The third-order valence-electron chi connectivity index (χ3n) is 6.74. The number of piperidine rings is 1. The number of fused-ring (bicyclic) bond motifs is 2. The third kappa shape index (κ3) is 3.68. The van der Waals surface area contributed by atoms with Crippen LogP contribution in [0.5, 0.6) is 0 Å². The number of anilines is 2. The van der Waals surface area contributed by atoms with E-state index < -0.39 is 15.9 Å². The highest BCUT2D eigenvalue weighted by atomic mass is 32.2. The molecule has 5 aliphatic rings. The molecule has 0 aromatic heterocycles. The van der Waals surface area contributed by atoms with Gasteiger partial charge in [-0.15, -0.1) is 0 Å². The van der Waals surface area contributed by atoms with Gasteiger partial charge in [0.1, 0.15) is 0 Å². The van der Waals surface area contributed by atoms with Crippen LogP contribution in [-0.4, -0.2) is 74.2 Å². The molecule has 5 rings (SSSR count). The average molecular weight is 471 g/mol. The van der Waals surface area contributed by atoms with Gasteiger partial charge in [0.25, 0.3) is 5.56 Å². The lowest BCUT2D eigenvalue weighted by Gasteiger charge is -2.40. The number of carbonyl (C=O) groups is 1. The number of hydrogen-bond acceptors (Lipinski definition) is 6. The number of carboxylic acid groups (broad SMARTS) is 1. The van der Waals surface area contributed by atoms with Crippen LogP contribution in [0.4, 0.5) is 16.2 Å². The van der Waals surface area contributed by atoms with E-state index >= 15 is 0 Å². The zero-order chi connectivity index (χ0) is 23.5. The molecule has 1 saturated heterocycles. The predicted octanol–water partition coefficient (Wildman–Crippen LogP) is 0.381. The number of likely N-dealkylation sites (tertiary alicyclic amines) is 1. The molecule has 9 nitrogen and oxygen atoms in total. The summed E-state index contributed by atoms with van der Waals surface area (Å²) in [6, 6.07) is 4.04. The molecule has 0 unspecified atom stereocenters. The van der Waals surface area contributed by atoms with Crippen LogP contribution in [-0.2, 0) is 9.84 Å². The molecule has 1 amide bonds. The Hall–Kier alpha value is -3.27. The number of H-pyrrole nitrogens is 1. The van der Waals surface area contributed by atoms with Crippen LogP contribution in [0.2, 0.25) is 0 Å². The molecule has 174 valence electrons. The fourth-order valence-corrected chi connectivity index (χ4v) is 6.06. The number of hydrogen-bond donors (Lipinski definition) is 2. The van der Waals surface area contributed by atoms with Crippen LogP contribution in [0.15, 0.2) is 29.2 Å². The Morgan fingerprint density at radius 2 is 1.94 bits per heavy atom. The summed E-state index contributed by atoms with van der Waals surface area (Å²) >= 11 is 0. The van der Waals surface area contributed by atoms with Crippen molar-refractivity contribution in [2.75, 3.05) is 48.5 Å². The molecular formula is C23H26N4O5S. The van der Waals surface area contributed by atoms with Crippen molar-refractivity contribution in [1.82, 2.24) is 9.88 Å². The lowest BCUT2D eigenvalue weighted by Crippen LogP contribution is -2.47. The zero-order valence-corrected chi connectivity index (χ0v) is 19.4. The molecule has 0 spiro atoms. The summed E-state index contributed by atoms with van der Waals surface area (Å²) < 4.78 is 24.1. The molecule has 0 radical (unpaired) electrons. The first-order valence-corrected chi connectivity index (χ1v) is 13.0. The van der Waals surface area contributed by atoms with Crippen LogP contribution >= 0.6 is 0 Å². The summed E-state index contributed by atoms with van der Waals surface area (Å²) in [7, 11) is -1.42. The van der Waals surface area contributed by atoms with E-state index in [0.29, 0.717) is 49.3 Å². The Morgan fingerprint density at radius 1 is 1.21 bits per heavy atom. The lowest BCUT2D eigenvalue weighted by molar-refractivity contribution is 0.132. The fraction of sp³-hybridized carbons (Fsp3) is 0.391. The quantitative estimate of drug-likeness (QED) is 0.667. The number of amides is 1. The predicted molar refractivity (Wildman–Crippen MR) is 128 cm³/mol. The minimum Gasteiger partial charge on any atom is -0.465 e. The molecule has 0 bridgehead atoms. The molecule has 1 fully saturated rings. The van der Waals surface area contributed by atoms with E-state index in [-0.39, 0.29) is 17.4 Å². The van der Waals surface area contributed by atoms with Crippen molar-refractivity contribution >= 4 is 39.0 Å². The van der Waals surface area contributed by atoms with E-state index in [1.807, 2.05) is 30.2 Å². The van der Waals surface area contributed by atoms with Gasteiger partial charge in [0, 0.05) is 67.0 Å². The second kappa shape index (κ2) is 7.65. The lowest BCUT2D eigenvalue weighted by atomic mass is 9.98. The van der Waals surface area contributed by atoms with Gasteiger partial charge in [-0.3, -0.25) is 4.79 Å². The first-order valence-electron chi connectivity index (χ1n) is 10.9. The molecule has 33 heavy (non-hydrogen) atoms. The first kappa shape index (κ1) is 21.6. The van der Waals surface area contributed by atoms with Gasteiger partial charge in [-0.2, -0.15) is 0 Å². The Morgan fingerprint density at radius 3 is 2.61 bits per heavy atom. The van der Waals surface area contributed by atoms with E-state index in [1.165, 1.54) is 11.2 Å². The van der Waals surface area contributed by atoms with Gasteiger partial charge in [0.05, 0.1) is 17.0 Å². The van der Waals surface area contributed by atoms with E-state index in [0.717, 1.165) is 21.8 Å². The summed E-state index contributed by atoms with van der Waals surface area (Å²) in [4.78, 5) is 33.0. The van der Waals surface area contributed by atoms with E-state index in [9.17, 15) is 23.1 Å². The van der Waals surface area contributed by atoms with Crippen LogP contribution in [0.1, 0.15) is 12.8 Å². The third-order valence-corrected chi connectivity index (χ3v) is 7.58. The average Bonchev–Trinajstić information content (AvgIpc) is 2.96. The fourth-order valence-electron chi connectivity index (χ4n) is 5.24. The molecule has 10 heteroatoms. The van der Waals surface area contributed by atoms with Crippen LogP contribution in [0.3, 0.4) is 0 Å². The summed E-state index contributed by atoms with van der Waals surface area (Å²) in [5, 5.41) is 10.8. The normalized spacial score (nSPS) is 18.5. The highest BCUT2D eigenvalue weighted by Gasteiger charge is 2.32. The maximum Gasteiger partial charge on any atom is 0.407 e. The number of aromatic nitrogens is 1. The Kier molecular flexibility index (Phi) is 5.00.